The van der Waals surface area contributed by atoms with Gasteiger partial charge in [-0.1, -0.05) is 12.1 Å². The average Bonchev–Trinajstić information content (AvgIpc) is 3.09. The monoisotopic (exact) mass is 318 g/mol. The second-order valence-corrected chi connectivity index (χ2v) is 6.61. The van der Waals surface area contributed by atoms with Crippen LogP contribution in [0.25, 0.3) is 5.69 Å². The van der Waals surface area contributed by atoms with E-state index in [1.165, 1.54) is 4.80 Å². The molecular formula is C15H18N4O2S. The Labute approximate surface area is 133 Å². The van der Waals surface area contributed by atoms with Gasteiger partial charge in [-0.2, -0.15) is 26.8 Å². The van der Waals surface area contributed by atoms with Gasteiger partial charge in [-0.3, -0.25) is 4.79 Å². The minimum absolute atomic E-state index is 0.0425. The van der Waals surface area contributed by atoms with Crippen LogP contribution in [0.5, 0.6) is 0 Å². The van der Waals surface area contributed by atoms with E-state index in [0.29, 0.717) is 17.8 Å². The Balaban J connectivity index is 1.92. The van der Waals surface area contributed by atoms with Gasteiger partial charge in [0.1, 0.15) is 0 Å². The molecule has 6 nitrogen and oxygen atoms in total. The Morgan fingerprint density at radius 3 is 2.82 bits per heavy atom. The first-order valence-corrected chi connectivity index (χ1v) is 8.24. The molecule has 1 saturated heterocycles. The van der Waals surface area contributed by atoms with E-state index in [1.54, 1.807) is 30.2 Å². The van der Waals surface area contributed by atoms with Crippen molar-refractivity contribution in [1.29, 1.82) is 0 Å². The molecule has 0 unspecified atom stereocenters. The molecule has 0 saturated carbocycles. The van der Waals surface area contributed by atoms with Crippen LogP contribution in [-0.4, -0.2) is 61.1 Å². The fourth-order valence-corrected chi connectivity index (χ4v) is 3.64. The molecule has 2 atom stereocenters. The third kappa shape index (κ3) is 2.86. The first-order valence-electron chi connectivity index (χ1n) is 7.20. The Hall–Kier alpha value is -1.86. The molecule has 3 rings (SSSR count). The highest BCUT2D eigenvalue weighted by Gasteiger charge is 2.31. The van der Waals surface area contributed by atoms with Gasteiger partial charge in [-0.05, 0) is 19.1 Å². The third-order valence-electron chi connectivity index (χ3n) is 3.74. The first kappa shape index (κ1) is 15.1. The van der Waals surface area contributed by atoms with E-state index < -0.39 is 0 Å². The van der Waals surface area contributed by atoms with Crippen molar-refractivity contribution < 1.29 is 9.90 Å². The van der Waals surface area contributed by atoms with Gasteiger partial charge in [0.25, 0.3) is 5.91 Å². The number of carbonyl (C=O) groups is 1. The van der Waals surface area contributed by atoms with E-state index in [2.05, 4.69) is 10.2 Å². The van der Waals surface area contributed by atoms with Crippen LogP contribution in [0.4, 0.5) is 0 Å². The van der Waals surface area contributed by atoms with E-state index >= 15 is 0 Å². The molecule has 0 spiro atoms. The van der Waals surface area contributed by atoms with Crippen molar-refractivity contribution in [3.8, 4) is 5.69 Å². The highest BCUT2D eigenvalue weighted by atomic mass is 32.2. The number of hydrogen-bond acceptors (Lipinski definition) is 5. The molecule has 1 amide bonds. The van der Waals surface area contributed by atoms with Gasteiger partial charge in [-0.15, -0.1) is 0 Å². The summed E-state index contributed by atoms with van der Waals surface area (Å²) >= 11 is 1.72. The summed E-state index contributed by atoms with van der Waals surface area (Å²) in [6.07, 6.45) is 3.17. The number of aliphatic hydroxyl groups excluding tert-OH is 1. The van der Waals surface area contributed by atoms with Crippen LogP contribution in [0.2, 0.25) is 0 Å². The van der Waals surface area contributed by atoms with Crippen LogP contribution in [0.3, 0.4) is 0 Å². The molecule has 1 aliphatic rings. The standard InChI is InChI=1S/C15H18N4O2S/c1-11-10-22-12(9-20)8-18(11)15(21)13-4-2-3-5-14(13)19-16-6-7-17-19/h2-7,11-12,20H,8-10H2,1H3/t11-,12-/m1/s1. The van der Waals surface area contributed by atoms with Gasteiger partial charge < -0.3 is 10.0 Å². The Bertz CT molecular complexity index is 647. The summed E-state index contributed by atoms with van der Waals surface area (Å²) in [4.78, 5) is 16.2. The van der Waals surface area contributed by atoms with Crippen molar-refractivity contribution in [3.63, 3.8) is 0 Å². The second kappa shape index (κ2) is 6.50. The zero-order valence-corrected chi connectivity index (χ0v) is 13.1. The lowest BCUT2D eigenvalue weighted by atomic mass is 10.1. The number of carbonyl (C=O) groups excluding carboxylic acids is 1. The summed E-state index contributed by atoms with van der Waals surface area (Å²) in [6, 6.07) is 7.47. The zero-order valence-electron chi connectivity index (χ0n) is 12.3. The molecule has 1 N–H and O–H groups in total. The molecule has 116 valence electrons. The number of nitrogens with zero attached hydrogens (tertiary/aromatic N) is 4. The SMILES string of the molecule is C[C@@H]1CS[C@@H](CO)CN1C(=O)c1ccccc1-n1nccn1. The minimum atomic E-state index is -0.0425. The molecule has 1 aromatic carbocycles. The van der Waals surface area contributed by atoms with Gasteiger partial charge in [0.15, 0.2) is 0 Å². The van der Waals surface area contributed by atoms with Gasteiger partial charge >= 0.3 is 0 Å². The smallest absolute Gasteiger partial charge is 0.256 e. The summed E-state index contributed by atoms with van der Waals surface area (Å²) in [5, 5.41) is 17.7. The number of thioether (sulfide) groups is 1. The number of rotatable bonds is 3. The molecule has 7 heteroatoms. The number of hydrogen-bond donors (Lipinski definition) is 1. The predicted molar refractivity (Wildman–Crippen MR) is 85.2 cm³/mol. The van der Waals surface area contributed by atoms with E-state index in [-0.39, 0.29) is 23.8 Å². The Morgan fingerprint density at radius 1 is 1.36 bits per heavy atom. The van der Waals surface area contributed by atoms with Crippen molar-refractivity contribution in [2.45, 2.75) is 18.2 Å². The molecule has 2 heterocycles. The zero-order chi connectivity index (χ0) is 15.5. The van der Waals surface area contributed by atoms with E-state index in [4.69, 9.17) is 0 Å². The average molecular weight is 318 g/mol. The van der Waals surface area contributed by atoms with Crippen LogP contribution in [0, 0.1) is 0 Å². The predicted octanol–water partition coefficient (Wildman–Crippen LogP) is 1.21. The maximum absolute atomic E-state index is 13.0. The lowest BCUT2D eigenvalue weighted by Crippen LogP contribution is -2.48. The maximum atomic E-state index is 13.0. The fraction of sp³-hybridized carbons (Fsp3) is 0.400. The van der Waals surface area contributed by atoms with Crippen molar-refractivity contribution >= 4 is 17.7 Å². The first-order chi connectivity index (χ1) is 10.7. The minimum Gasteiger partial charge on any atom is -0.395 e. The summed E-state index contributed by atoms with van der Waals surface area (Å²) in [5.41, 5.74) is 1.25. The van der Waals surface area contributed by atoms with Crippen LogP contribution in [0.1, 0.15) is 17.3 Å². The second-order valence-electron chi connectivity index (χ2n) is 5.28. The van der Waals surface area contributed by atoms with Crippen LogP contribution < -0.4 is 0 Å². The largest absolute Gasteiger partial charge is 0.395 e. The quantitative estimate of drug-likeness (QED) is 0.921. The van der Waals surface area contributed by atoms with E-state index in [0.717, 1.165) is 5.75 Å². The van der Waals surface area contributed by atoms with Crippen molar-refractivity contribution in [2.24, 2.45) is 0 Å². The molecule has 0 radical (unpaired) electrons. The maximum Gasteiger partial charge on any atom is 0.256 e. The molecule has 22 heavy (non-hydrogen) atoms. The van der Waals surface area contributed by atoms with E-state index in [1.807, 2.05) is 30.0 Å². The topological polar surface area (TPSA) is 71.2 Å². The van der Waals surface area contributed by atoms with E-state index in [9.17, 15) is 9.90 Å². The van der Waals surface area contributed by atoms with Crippen LogP contribution >= 0.6 is 11.8 Å². The van der Waals surface area contributed by atoms with Crippen LogP contribution in [-0.2, 0) is 0 Å². The Morgan fingerprint density at radius 2 is 2.09 bits per heavy atom. The number of benzene rings is 1. The lowest BCUT2D eigenvalue weighted by molar-refractivity contribution is 0.0690. The summed E-state index contributed by atoms with van der Waals surface area (Å²) in [5.74, 6) is 0.790. The summed E-state index contributed by atoms with van der Waals surface area (Å²) < 4.78 is 0. The summed E-state index contributed by atoms with van der Waals surface area (Å²) in [7, 11) is 0. The molecule has 1 aromatic heterocycles. The normalized spacial score (nSPS) is 21.8. The van der Waals surface area contributed by atoms with Gasteiger partial charge in [0.05, 0.1) is 30.3 Å². The lowest BCUT2D eigenvalue weighted by Gasteiger charge is -2.37. The van der Waals surface area contributed by atoms with Gasteiger partial charge in [0, 0.05) is 23.6 Å². The molecular weight excluding hydrogens is 300 g/mol. The van der Waals surface area contributed by atoms with Gasteiger partial charge in [0.2, 0.25) is 0 Å². The molecule has 2 aromatic rings. The third-order valence-corrected chi connectivity index (χ3v) is 5.18. The molecule has 0 bridgehead atoms. The van der Waals surface area contributed by atoms with Crippen molar-refractivity contribution in [1.82, 2.24) is 19.9 Å². The Kier molecular flexibility index (Phi) is 4.44. The summed E-state index contributed by atoms with van der Waals surface area (Å²) in [6.45, 7) is 2.68. The van der Waals surface area contributed by atoms with Crippen molar-refractivity contribution in [2.75, 3.05) is 18.9 Å². The molecule has 0 aliphatic carbocycles. The number of aromatic nitrogens is 3. The highest BCUT2D eigenvalue weighted by molar-refractivity contribution is 8.00. The van der Waals surface area contributed by atoms with Gasteiger partial charge in [-0.25, -0.2) is 0 Å². The highest BCUT2D eigenvalue weighted by Crippen LogP contribution is 2.25. The number of para-hydroxylation sites is 1. The van der Waals surface area contributed by atoms with Crippen molar-refractivity contribution in [3.05, 3.63) is 42.2 Å². The molecule has 1 fully saturated rings. The fourth-order valence-electron chi connectivity index (χ4n) is 2.53. The van der Waals surface area contributed by atoms with Crippen LogP contribution in [0.15, 0.2) is 36.7 Å². The number of aliphatic hydroxyl groups is 1. The molecule has 1 aliphatic heterocycles. The number of amides is 1.